The largest absolute Gasteiger partial charge is 0.309 e. The Bertz CT molecular complexity index is 10900. The molecular formula is C138H86N6S3. The maximum Gasteiger partial charge on any atom is 0.0641 e. The van der Waals surface area contributed by atoms with Gasteiger partial charge in [-0.1, -0.05) is 376 Å². The van der Waals surface area contributed by atoms with E-state index in [2.05, 4.69) is 549 Å². The summed E-state index contributed by atoms with van der Waals surface area (Å²) in [6.07, 6.45) is 0. The van der Waals surface area contributed by atoms with Gasteiger partial charge >= 0.3 is 0 Å². The quantitative estimate of drug-likeness (QED) is 0.124. The predicted molar refractivity (Wildman–Crippen MR) is 631 cm³/mol. The number of thiophene rings is 3. The monoisotopic (exact) mass is 1920 g/mol. The lowest BCUT2D eigenvalue weighted by Crippen LogP contribution is -1.96. The lowest BCUT2D eigenvalue weighted by atomic mass is 10.0. The number of aromatic nitrogens is 6. The van der Waals surface area contributed by atoms with E-state index in [-0.39, 0.29) is 0 Å². The molecule has 147 heavy (non-hydrogen) atoms. The maximum absolute atomic E-state index is 2.48. The van der Waals surface area contributed by atoms with Crippen molar-refractivity contribution >= 4 is 225 Å². The van der Waals surface area contributed by atoms with Crippen molar-refractivity contribution in [2.24, 2.45) is 0 Å². The third-order valence-corrected chi connectivity index (χ3v) is 34.1. The highest BCUT2D eigenvalue weighted by Crippen LogP contribution is 2.51. The molecule has 6 nitrogen and oxygen atoms in total. The number of benzene rings is 23. The van der Waals surface area contributed by atoms with Crippen molar-refractivity contribution in [2.75, 3.05) is 0 Å². The van der Waals surface area contributed by atoms with Gasteiger partial charge in [-0.05, 0) is 201 Å². The van der Waals surface area contributed by atoms with Gasteiger partial charge < -0.3 is 27.4 Å². The molecule has 9 aromatic heterocycles. The van der Waals surface area contributed by atoms with E-state index in [0.29, 0.717) is 0 Å². The third-order valence-electron chi connectivity index (χ3n) is 30.4. The van der Waals surface area contributed by atoms with E-state index in [4.69, 9.17) is 0 Å². The molecule has 32 aromatic rings. The van der Waals surface area contributed by atoms with Crippen LogP contribution in [0.1, 0.15) is 0 Å². The zero-order chi connectivity index (χ0) is 96.4. The van der Waals surface area contributed by atoms with Crippen molar-refractivity contribution in [3.05, 3.63) is 522 Å². The second kappa shape index (κ2) is 34.1. The Kier molecular flexibility index (Phi) is 19.6. The van der Waals surface area contributed by atoms with Crippen LogP contribution in [-0.2, 0) is 0 Å². The first kappa shape index (κ1) is 84.2. The number of rotatable bonds is 11. The van der Waals surface area contributed by atoms with E-state index in [9.17, 15) is 0 Å². The average molecular weight is 1920 g/mol. The molecule has 0 spiro atoms. The molecule has 9 heteroatoms. The fourth-order valence-corrected chi connectivity index (χ4v) is 27.6. The van der Waals surface area contributed by atoms with Crippen LogP contribution in [0.15, 0.2) is 522 Å². The normalized spacial score (nSPS) is 11.9. The summed E-state index contributed by atoms with van der Waals surface area (Å²) >= 11 is 5.65. The van der Waals surface area contributed by atoms with E-state index in [1.165, 1.54) is 253 Å². The average Bonchev–Trinajstić information content (AvgIpc) is 1.55. The molecule has 0 bridgehead atoms. The Morgan fingerprint density at radius 2 is 0.354 bits per heavy atom. The summed E-state index contributed by atoms with van der Waals surface area (Å²) in [7, 11) is 0. The molecule has 0 aliphatic rings. The van der Waals surface area contributed by atoms with Crippen LogP contribution in [0.5, 0.6) is 0 Å². The van der Waals surface area contributed by atoms with Crippen LogP contribution in [0, 0.1) is 0 Å². The number of para-hydroxylation sites is 7. The minimum absolute atomic E-state index is 1.16. The lowest BCUT2D eigenvalue weighted by molar-refractivity contribution is 1.17. The molecule has 0 atom stereocenters. The summed E-state index contributed by atoms with van der Waals surface area (Å²) < 4.78 is 22.7. The molecule has 32 rings (SSSR count). The van der Waals surface area contributed by atoms with Gasteiger partial charge in [0.25, 0.3) is 0 Å². The third kappa shape index (κ3) is 13.4. The summed E-state index contributed by atoms with van der Waals surface area (Å²) in [4.78, 5) is 0. The molecule has 0 saturated heterocycles. The topological polar surface area (TPSA) is 29.6 Å². The molecular weight excluding hydrogens is 1840 g/mol. The lowest BCUT2D eigenvalue weighted by Gasteiger charge is -2.12. The zero-order valence-corrected chi connectivity index (χ0v) is 82.0. The Hall–Kier alpha value is -18.5. The van der Waals surface area contributed by atoms with Crippen LogP contribution >= 0.6 is 34.0 Å². The molecule has 9 heterocycles. The summed E-state index contributed by atoms with van der Waals surface area (Å²) in [5.41, 5.74) is 34.0. The summed E-state index contributed by atoms with van der Waals surface area (Å²) in [6, 6.07) is 191. The minimum Gasteiger partial charge on any atom is -0.309 e. The molecule has 0 aliphatic heterocycles. The first-order valence-corrected chi connectivity index (χ1v) is 52.7. The highest BCUT2D eigenvalue weighted by atomic mass is 32.1. The van der Waals surface area contributed by atoms with Crippen LogP contribution in [0.3, 0.4) is 0 Å². The number of fused-ring (bicyclic) bond motifs is 30. The van der Waals surface area contributed by atoms with Crippen LogP contribution in [0.2, 0.25) is 0 Å². The maximum atomic E-state index is 2.48. The molecule has 686 valence electrons. The Balaban J connectivity index is 0.000000102. The fourth-order valence-electron chi connectivity index (χ4n) is 23.9. The molecule has 0 fully saturated rings. The summed E-state index contributed by atoms with van der Waals surface area (Å²) in [5.74, 6) is 0. The van der Waals surface area contributed by atoms with Crippen molar-refractivity contribution < 1.29 is 0 Å². The van der Waals surface area contributed by atoms with E-state index in [1.54, 1.807) is 0 Å². The van der Waals surface area contributed by atoms with Crippen LogP contribution in [0.4, 0.5) is 0 Å². The zero-order valence-electron chi connectivity index (χ0n) is 79.6. The predicted octanol–water partition coefficient (Wildman–Crippen LogP) is 39.1. The van der Waals surface area contributed by atoms with Gasteiger partial charge in [0, 0.05) is 159 Å². The van der Waals surface area contributed by atoms with Crippen molar-refractivity contribution in [1.29, 1.82) is 0 Å². The number of hydrogen-bond acceptors (Lipinski definition) is 3. The number of nitrogens with zero attached hydrogens (tertiary/aromatic N) is 6. The van der Waals surface area contributed by atoms with E-state index >= 15 is 0 Å². The SMILES string of the molecule is c1ccc(-c2ccc(-n3c4ccccc4c4c3ccc3c5ccccc5n(-c5ccc(-c6cccc7c6sc6ccccc67)cc5)c34)cc2)cc1.c1ccc(-c2cccc(-n3c4ccccc4c4c3ccc3c5ccccc5n(-c5ccc(-c6cccc7c6sc6ccccc67)cc5)c34)c2)cc1.c1ccc(-n2c3ccccc3c3c2ccc2c4ccccc4n(-c4ccc(-c5cccc6c5sc5ccccc56)cc4)c23)cc1. The van der Waals surface area contributed by atoms with Crippen molar-refractivity contribution in [1.82, 2.24) is 27.4 Å². The standard InChI is InChI=1S/2C48H30N2S.C42H26N2S/c1-2-12-31(13-3-1)33-14-10-15-35(30-33)49-43-22-8-5-18-41(43)46-44(49)29-28-39-37-16-4-7-21-42(37)50(47(39)46)34-26-24-32(25-27-34)36-19-11-20-40-38-17-6-9-23-45(38)51-48(36)40;1-2-11-31(12-3-1)32-21-25-34(26-22-32)49-43-19-8-5-15-41(43)46-44(49)30-29-39-37-13-4-7-18-42(37)50(47(39)46)35-27-23-33(24-28-35)36-16-10-17-40-38-14-6-9-20-45(38)51-48(36)40;1-2-11-28(12-3-1)43-37-19-8-5-15-35(37)40-38(43)26-25-33-31-13-4-7-18-36(31)44(41(33)40)29-23-21-27(22-24-29)30-16-10-17-34-32-14-6-9-20-39(32)45-42(30)34/h2*1-30H;1-26H. The first-order chi connectivity index (χ1) is 73.0. The molecule has 0 radical (unpaired) electrons. The van der Waals surface area contributed by atoms with E-state index in [1.807, 2.05) is 34.0 Å². The van der Waals surface area contributed by atoms with Gasteiger partial charge in [0.15, 0.2) is 0 Å². The fraction of sp³-hybridized carbons (Fsp3) is 0. The Morgan fingerprint density at radius 3 is 0.701 bits per heavy atom. The second-order valence-electron chi connectivity index (χ2n) is 38.3. The van der Waals surface area contributed by atoms with Crippen molar-refractivity contribution in [3.63, 3.8) is 0 Å². The minimum atomic E-state index is 1.16. The van der Waals surface area contributed by atoms with E-state index in [0.717, 1.165) is 28.4 Å². The number of hydrogen-bond donors (Lipinski definition) is 0. The molecule has 0 N–H and O–H groups in total. The van der Waals surface area contributed by atoms with Gasteiger partial charge in [-0.3, -0.25) is 0 Å². The van der Waals surface area contributed by atoms with Gasteiger partial charge in [0.1, 0.15) is 0 Å². The summed E-state index contributed by atoms with van der Waals surface area (Å²) in [5, 5.41) is 23.1. The van der Waals surface area contributed by atoms with Gasteiger partial charge in [0.2, 0.25) is 0 Å². The van der Waals surface area contributed by atoms with Crippen LogP contribution in [-0.4, -0.2) is 27.4 Å². The van der Waals surface area contributed by atoms with Gasteiger partial charge in [-0.15, -0.1) is 34.0 Å². The van der Waals surface area contributed by atoms with Crippen molar-refractivity contribution in [2.45, 2.75) is 0 Å². The highest BCUT2D eigenvalue weighted by molar-refractivity contribution is 7.27. The Morgan fingerprint density at radius 1 is 0.122 bits per heavy atom. The van der Waals surface area contributed by atoms with E-state index < -0.39 is 0 Å². The van der Waals surface area contributed by atoms with Gasteiger partial charge in [0.05, 0.1) is 66.2 Å². The van der Waals surface area contributed by atoms with Crippen LogP contribution < -0.4 is 0 Å². The molecule has 0 saturated carbocycles. The smallest absolute Gasteiger partial charge is 0.0641 e. The molecule has 0 amide bonds. The highest BCUT2D eigenvalue weighted by Gasteiger charge is 2.28. The molecule has 0 unspecified atom stereocenters. The van der Waals surface area contributed by atoms with Crippen molar-refractivity contribution in [3.8, 4) is 89.8 Å². The van der Waals surface area contributed by atoms with Gasteiger partial charge in [-0.2, -0.15) is 0 Å². The second-order valence-corrected chi connectivity index (χ2v) is 41.5. The summed E-state index contributed by atoms with van der Waals surface area (Å²) in [6.45, 7) is 0. The van der Waals surface area contributed by atoms with Crippen LogP contribution in [0.25, 0.3) is 281 Å². The molecule has 23 aromatic carbocycles. The Labute approximate surface area is 857 Å². The first-order valence-electron chi connectivity index (χ1n) is 50.2. The van der Waals surface area contributed by atoms with Gasteiger partial charge in [-0.25, -0.2) is 0 Å². The molecule has 0 aliphatic carbocycles.